The van der Waals surface area contributed by atoms with Gasteiger partial charge in [-0.25, -0.2) is 14.6 Å². The lowest BCUT2D eigenvalue weighted by atomic mass is 10.2. The number of halogens is 1. The highest BCUT2D eigenvalue weighted by molar-refractivity contribution is 9.10. The van der Waals surface area contributed by atoms with E-state index in [1.54, 1.807) is 20.8 Å². The highest BCUT2D eigenvalue weighted by Gasteiger charge is 2.18. The monoisotopic (exact) mass is 330 g/mol. The minimum atomic E-state index is -0.641. The number of pyridine rings is 1. The number of methoxy groups -OCH3 is 1. The van der Waals surface area contributed by atoms with Crippen molar-refractivity contribution >= 4 is 33.8 Å². The van der Waals surface area contributed by atoms with Crippen LogP contribution in [0.4, 0.5) is 10.6 Å². The molecular formula is C12H15BrN2O4. The van der Waals surface area contributed by atoms with Crippen molar-refractivity contribution in [1.82, 2.24) is 4.98 Å². The second-order valence-electron chi connectivity index (χ2n) is 4.67. The minimum absolute atomic E-state index is 0.206. The number of ether oxygens (including phenoxy) is 2. The van der Waals surface area contributed by atoms with Crippen LogP contribution >= 0.6 is 15.9 Å². The Morgan fingerprint density at radius 1 is 1.37 bits per heavy atom. The first-order valence-electron chi connectivity index (χ1n) is 5.47. The third-order valence-electron chi connectivity index (χ3n) is 1.89. The highest BCUT2D eigenvalue weighted by atomic mass is 79.9. The molecule has 104 valence electrons. The van der Waals surface area contributed by atoms with Gasteiger partial charge in [-0.05, 0) is 42.8 Å². The van der Waals surface area contributed by atoms with E-state index in [4.69, 9.17) is 4.74 Å². The van der Waals surface area contributed by atoms with Gasteiger partial charge in [0, 0.05) is 6.20 Å². The summed E-state index contributed by atoms with van der Waals surface area (Å²) in [6, 6.07) is 1.40. The molecule has 0 saturated heterocycles. The average molecular weight is 331 g/mol. The van der Waals surface area contributed by atoms with Gasteiger partial charge in [0.1, 0.15) is 11.4 Å². The van der Waals surface area contributed by atoms with Gasteiger partial charge in [-0.15, -0.1) is 0 Å². The maximum atomic E-state index is 11.6. The van der Waals surface area contributed by atoms with Gasteiger partial charge in [0.15, 0.2) is 0 Å². The minimum Gasteiger partial charge on any atom is -0.465 e. The van der Waals surface area contributed by atoms with Crippen LogP contribution in [0, 0.1) is 0 Å². The molecule has 0 aliphatic heterocycles. The largest absolute Gasteiger partial charge is 0.465 e. The van der Waals surface area contributed by atoms with E-state index in [1.807, 2.05) is 0 Å². The van der Waals surface area contributed by atoms with Gasteiger partial charge in [-0.2, -0.15) is 0 Å². The molecule has 0 aliphatic carbocycles. The molecule has 1 N–H and O–H groups in total. The van der Waals surface area contributed by atoms with Crippen molar-refractivity contribution < 1.29 is 19.1 Å². The van der Waals surface area contributed by atoms with E-state index in [0.717, 1.165) is 0 Å². The Bertz CT molecular complexity index is 497. The summed E-state index contributed by atoms with van der Waals surface area (Å²) >= 11 is 3.18. The molecule has 0 aromatic carbocycles. The van der Waals surface area contributed by atoms with Crippen molar-refractivity contribution in [2.24, 2.45) is 0 Å². The smallest absolute Gasteiger partial charge is 0.413 e. The number of rotatable bonds is 2. The van der Waals surface area contributed by atoms with Crippen LogP contribution in [-0.2, 0) is 9.47 Å². The zero-order valence-electron chi connectivity index (χ0n) is 11.1. The first kappa shape index (κ1) is 15.4. The standard InChI is InChI=1S/C12H15BrN2O4/c1-12(2,3)19-11(17)15-9-5-7(10(16)18-4)8(13)6-14-9/h5-6H,1-4H3,(H,14,15,17). The molecule has 1 heterocycles. The highest BCUT2D eigenvalue weighted by Crippen LogP contribution is 2.20. The van der Waals surface area contributed by atoms with Gasteiger partial charge in [0.2, 0.25) is 0 Å². The summed E-state index contributed by atoms with van der Waals surface area (Å²) in [5.74, 6) is -0.320. The third-order valence-corrected chi connectivity index (χ3v) is 2.52. The van der Waals surface area contributed by atoms with Crippen LogP contribution in [0.25, 0.3) is 0 Å². The lowest BCUT2D eigenvalue weighted by Gasteiger charge is -2.19. The zero-order chi connectivity index (χ0) is 14.6. The third kappa shape index (κ3) is 4.86. The number of esters is 1. The van der Waals surface area contributed by atoms with Gasteiger partial charge < -0.3 is 9.47 Å². The molecule has 0 atom stereocenters. The Labute approximate surface area is 119 Å². The van der Waals surface area contributed by atoms with E-state index in [1.165, 1.54) is 19.4 Å². The summed E-state index contributed by atoms with van der Waals surface area (Å²) < 4.78 is 10.2. The molecule has 0 fully saturated rings. The summed E-state index contributed by atoms with van der Waals surface area (Å²) in [5, 5.41) is 2.44. The van der Waals surface area contributed by atoms with Gasteiger partial charge in [0.25, 0.3) is 0 Å². The van der Waals surface area contributed by atoms with E-state index in [2.05, 4.69) is 31.0 Å². The van der Waals surface area contributed by atoms with E-state index in [-0.39, 0.29) is 11.4 Å². The van der Waals surface area contributed by atoms with E-state index in [0.29, 0.717) is 4.47 Å². The molecular weight excluding hydrogens is 316 g/mol. The van der Waals surface area contributed by atoms with Crippen molar-refractivity contribution in [2.45, 2.75) is 26.4 Å². The number of hydrogen-bond donors (Lipinski definition) is 1. The van der Waals surface area contributed by atoms with Crippen LogP contribution in [-0.4, -0.2) is 29.8 Å². The molecule has 0 radical (unpaired) electrons. The normalized spacial score (nSPS) is 10.8. The number of aromatic nitrogens is 1. The van der Waals surface area contributed by atoms with Crippen molar-refractivity contribution in [3.8, 4) is 0 Å². The molecule has 0 unspecified atom stereocenters. The van der Waals surface area contributed by atoms with Crippen molar-refractivity contribution in [3.05, 3.63) is 22.3 Å². The number of carbonyl (C=O) groups excluding carboxylic acids is 2. The molecule has 0 spiro atoms. The molecule has 1 amide bonds. The van der Waals surface area contributed by atoms with Crippen LogP contribution in [0.3, 0.4) is 0 Å². The number of nitrogens with zero attached hydrogens (tertiary/aromatic N) is 1. The van der Waals surface area contributed by atoms with E-state index in [9.17, 15) is 9.59 Å². The molecule has 0 saturated carbocycles. The summed E-state index contributed by atoms with van der Waals surface area (Å²) in [7, 11) is 1.27. The Morgan fingerprint density at radius 3 is 2.53 bits per heavy atom. The van der Waals surface area contributed by atoms with E-state index < -0.39 is 17.7 Å². The van der Waals surface area contributed by atoms with Crippen LogP contribution in [0.1, 0.15) is 31.1 Å². The number of nitrogens with one attached hydrogen (secondary N) is 1. The Hall–Kier alpha value is -1.63. The lowest BCUT2D eigenvalue weighted by Crippen LogP contribution is -2.27. The van der Waals surface area contributed by atoms with Crippen molar-refractivity contribution in [3.63, 3.8) is 0 Å². The number of carbonyl (C=O) groups is 2. The van der Waals surface area contributed by atoms with Crippen LogP contribution < -0.4 is 5.32 Å². The predicted molar refractivity (Wildman–Crippen MR) is 73.1 cm³/mol. The molecule has 0 aliphatic rings. The van der Waals surface area contributed by atoms with Crippen LogP contribution in [0.5, 0.6) is 0 Å². The van der Waals surface area contributed by atoms with Gasteiger partial charge in [-0.1, -0.05) is 0 Å². The Balaban J connectivity index is 2.86. The average Bonchev–Trinajstić information content (AvgIpc) is 2.28. The second kappa shape index (κ2) is 6.01. The fraction of sp³-hybridized carbons (Fsp3) is 0.417. The fourth-order valence-electron chi connectivity index (χ4n) is 1.18. The Kier molecular flexibility index (Phi) is 4.88. The first-order chi connectivity index (χ1) is 8.73. The van der Waals surface area contributed by atoms with Crippen LogP contribution in [0.15, 0.2) is 16.7 Å². The maximum Gasteiger partial charge on any atom is 0.413 e. The molecule has 0 bridgehead atoms. The lowest BCUT2D eigenvalue weighted by molar-refractivity contribution is 0.0595. The second-order valence-corrected chi connectivity index (χ2v) is 5.52. The SMILES string of the molecule is COC(=O)c1cc(NC(=O)OC(C)(C)C)ncc1Br. The maximum absolute atomic E-state index is 11.6. The number of amides is 1. The molecule has 1 aromatic heterocycles. The first-order valence-corrected chi connectivity index (χ1v) is 6.26. The summed E-state index contributed by atoms with van der Waals surface area (Å²) in [6.07, 6.45) is 0.761. The van der Waals surface area contributed by atoms with Crippen LogP contribution in [0.2, 0.25) is 0 Å². The topological polar surface area (TPSA) is 77.5 Å². The van der Waals surface area contributed by atoms with Crippen molar-refractivity contribution in [2.75, 3.05) is 12.4 Å². The molecule has 1 aromatic rings. The molecule has 7 heteroatoms. The summed E-state index contributed by atoms with van der Waals surface area (Å²) in [5.41, 5.74) is -0.339. The number of hydrogen-bond acceptors (Lipinski definition) is 5. The molecule has 1 rings (SSSR count). The van der Waals surface area contributed by atoms with Gasteiger partial charge >= 0.3 is 12.1 Å². The zero-order valence-corrected chi connectivity index (χ0v) is 12.7. The summed E-state index contributed by atoms with van der Waals surface area (Å²) in [6.45, 7) is 5.25. The van der Waals surface area contributed by atoms with E-state index >= 15 is 0 Å². The molecule has 6 nitrogen and oxygen atoms in total. The fourth-order valence-corrected chi connectivity index (χ4v) is 1.56. The number of anilines is 1. The van der Waals surface area contributed by atoms with Gasteiger partial charge in [0.05, 0.1) is 17.1 Å². The molecule has 19 heavy (non-hydrogen) atoms. The Morgan fingerprint density at radius 2 is 2.00 bits per heavy atom. The quantitative estimate of drug-likeness (QED) is 0.843. The van der Waals surface area contributed by atoms with Crippen molar-refractivity contribution in [1.29, 1.82) is 0 Å². The summed E-state index contributed by atoms with van der Waals surface area (Å²) in [4.78, 5) is 27.0. The van der Waals surface area contributed by atoms with Gasteiger partial charge in [-0.3, -0.25) is 5.32 Å². The predicted octanol–water partition coefficient (Wildman–Crippen LogP) is 2.98.